The first-order chi connectivity index (χ1) is 8.56. The zero-order valence-corrected chi connectivity index (χ0v) is 12.8. The Labute approximate surface area is 115 Å². The predicted molar refractivity (Wildman–Crippen MR) is 79.7 cm³/mol. The third-order valence-electron chi connectivity index (χ3n) is 3.03. The molecule has 0 saturated carbocycles. The van der Waals surface area contributed by atoms with E-state index in [0.29, 0.717) is 0 Å². The molecule has 0 saturated heterocycles. The minimum atomic E-state index is -0.243. The van der Waals surface area contributed by atoms with Crippen molar-refractivity contribution >= 4 is 5.71 Å². The van der Waals surface area contributed by atoms with Crippen molar-refractivity contribution in [2.75, 3.05) is 0 Å². The number of nitrogens with two attached hydrogens (primary N) is 1. The largest absolute Gasteiger partial charge is 0.486 e. The summed E-state index contributed by atoms with van der Waals surface area (Å²) in [4.78, 5) is 4.71. The maximum absolute atomic E-state index is 6.11. The number of hydrogen-bond donors (Lipinski definition) is 1. The molecule has 0 amide bonds. The molecular formula is C16H24N2O. The van der Waals surface area contributed by atoms with Crippen molar-refractivity contribution in [3.63, 3.8) is 0 Å². The Morgan fingerprint density at radius 2 is 1.74 bits per heavy atom. The molecule has 0 aromatic heterocycles. The Balaban J connectivity index is 2.30. The first-order valence-electron chi connectivity index (χ1n) is 6.76. The Morgan fingerprint density at radius 3 is 2.26 bits per heavy atom. The van der Waals surface area contributed by atoms with E-state index in [4.69, 9.17) is 15.5 Å². The lowest BCUT2D eigenvalue weighted by Gasteiger charge is -2.25. The van der Waals surface area contributed by atoms with Crippen molar-refractivity contribution in [2.45, 2.75) is 53.6 Å². The summed E-state index contributed by atoms with van der Waals surface area (Å²) in [5.74, 6) is 0.763. The van der Waals surface area contributed by atoms with Gasteiger partial charge in [-0.25, -0.2) is 0 Å². The van der Waals surface area contributed by atoms with Gasteiger partial charge in [0.2, 0.25) is 0 Å². The van der Waals surface area contributed by atoms with Crippen LogP contribution in [0.15, 0.2) is 39.9 Å². The summed E-state index contributed by atoms with van der Waals surface area (Å²) >= 11 is 0. The van der Waals surface area contributed by atoms with E-state index in [1.807, 2.05) is 26.8 Å². The van der Waals surface area contributed by atoms with E-state index in [1.54, 1.807) is 0 Å². The Bertz CT molecular complexity index is 520. The molecule has 0 fully saturated rings. The fraction of sp³-hybridized carbons (Fsp3) is 0.562. The fourth-order valence-corrected chi connectivity index (χ4v) is 2.06. The summed E-state index contributed by atoms with van der Waals surface area (Å²) in [5, 5.41) is 0. The summed E-state index contributed by atoms with van der Waals surface area (Å²) in [7, 11) is 0. The highest BCUT2D eigenvalue weighted by Gasteiger charge is 2.28. The molecule has 0 unspecified atom stereocenters. The van der Waals surface area contributed by atoms with E-state index in [-0.39, 0.29) is 11.0 Å². The van der Waals surface area contributed by atoms with Crippen LogP contribution in [0.3, 0.4) is 0 Å². The summed E-state index contributed by atoms with van der Waals surface area (Å²) < 4.78 is 5.90. The van der Waals surface area contributed by atoms with Crippen molar-refractivity contribution in [1.29, 1.82) is 0 Å². The number of ether oxygens (including phenoxy) is 1. The molecule has 0 aromatic carbocycles. The Kier molecular flexibility index (Phi) is 3.12. The molecule has 0 radical (unpaired) electrons. The molecule has 1 aliphatic heterocycles. The first kappa shape index (κ1) is 13.9. The van der Waals surface area contributed by atoms with E-state index in [1.165, 1.54) is 5.57 Å². The van der Waals surface area contributed by atoms with Crippen LogP contribution in [0, 0.1) is 5.41 Å². The van der Waals surface area contributed by atoms with Gasteiger partial charge in [0, 0.05) is 23.6 Å². The quantitative estimate of drug-likeness (QED) is 0.781. The SMILES string of the molecule is CC(C)(C)OC1=C(N)CC2=CC(C(C)(C)C)=NC2=C1. The molecule has 19 heavy (non-hydrogen) atoms. The molecule has 1 aliphatic carbocycles. The maximum atomic E-state index is 6.11. The number of fused-ring (bicyclic) bond motifs is 1. The molecule has 0 bridgehead atoms. The van der Waals surface area contributed by atoms with Crippen LogP contribution in [0.2, 0.25) is 0 Å². The van der Waals surface area contributed by atoms with Crippen molar-refractivity contribution in [3.05, 3.63) is 34.9 Å². The molecule has 2 N–H and O–H groups in total. The standard InChI is InChI=1S/C16H24N2O/c1-15(2,3)14-8-10-7-11(17)13(9-12(10)18-14)19-16(4,5)6/h8-9H,7,17H2,1-6H3. The number of allylic oxidation sites excluding steroid dienone is 4. The van der Waals surface area contributed by atoms with Crippen molar-refractivity contribution < 1.29 is 4.74 Å². The summed E-state index contributed by atoms with van der Waals surface area (Å²) in [5.41, 5.74) is 10.0. The normalized spacial score (nSPS) is 19.8. The van der Waals surface area contributed by atoms with Crippen LogP contribution in [-0.2, 0) is 4.74 Å². The van der Waals surface area contributed by atoms with E-state index in [0.717, 1.165) is 29.3 Å². The van der Waals surface area contributed by atoms with E-state index < -0.39 is 0 Å². The molecule has 3 nitrogen and oxygen atoms in total. The summed E-state index contributed by atoms with van der Waals surface area (Å²) in [6.45, 7) is 12.6. The third kappa shape index (κ3) is 3.09. The van der Waals surface area contributed by atoms with Gasteiger partial charge in [-0.15, -0.1) is 0 Å². The van der Waals surface area contributed by atoms with Gasteiger partial charge in [-0.1, -0.05) is 20.8 Å². The van der Waals surface area contributed by atoms with Gasteiger partial charge in [-0.3, -0.25) is 4.99 Å². The highest BCUT2D eigenvalue weighted by atomic mass is 16.5. The minimum Gasteiger partial charge on any atom is -0.486 e. The molecule has 3 heteroatoms. The lowest BCUT2D eigenvalue weighted by molar-refractivity contribution is 0.0571. The third-order valence-corrected chi connectivity index (χ3v) is 3.03. The average molecular weight is 260 g/mol. The molecule has 2 aliphatic rings. The minimum absolute atomic E-state index is 0.0605. The van der Waals surface area contributed by atoms with Crippen molar-refractivity contribution in [2.24, 2.45) is 16.1 Å². The topological polar surface area (TPSA) is 47.6 Å². The number of hydrogen-bond acceptors (Lipinski definition) is 3. The van der Waals surface area contributed by atoms with Gasteiger partial charge >= 0.3 is 0 Å². The van der Waals surface area contributed by atoms with Crippen molar-refractivity contribution in [1.82, 2.24) is 0 Å². The zero-order valence-electron chi connectivity index (χ0n) is 12.8. The fourth-order valence-electron chi connectivity index (χ4n) is 2.06. The molecule has 104 valence electrons. The van der Waals surface area contributed by atoms with Crippen LogP contribution in [0.1, 0.15) is 48.0 Å². The van der Waals surface area contributed by atoms with Crippen LogP contribution in [0.25, 0.3) is 0 Å². The molecular weight excluding hydrogens is 236 g/mol. The van der Waals surface area contributed by atoms with Crippen molar-refractivity contribution in [3.8, 4) is 0 Å². The highest BCUT2D eigenvalue weighted by Crippen LogP contribution is 2.36. The second kappa shape index (κ2) is 4.26. The first-order valence-corrected chi connectivity index (χ1v) is 6.76. The molecule has 2 rings (SSSR count). The van der Waals surface area contributed by atoms with E-state index >= 15 is 0 Å². The van der Waals surface area contributed by atoms with Gasteiger partial charge in [0.15, 0.2) is 0 Å². The zero-order chi connectivity index (χ0) is 14.4. The lowest BCUT2D eigenvalue weighted by Crippen LogP contribution is -2.21. The second-order valence-corrected chi connectivity index (χ2v) is 7.23. The lowest BCUT2D eigenvalue weighted by atomic mass is 9.89. The number of nitrogens with zero attached hydrogens (tertiary/aromatic N) is 1. The predicted octanol–water partition coefficient (Wildman–Crippen LogP) is 3.69. The molecule has 0 aromatic rings. The molecule has 1 heterocycles. The number of rotatable bonds is 1. The van der Waals surface area contributed by atoms with Gasteiger partial charge in [-0.2, -0.15) is 0 Å². The van der Waals surface area contributed by atoms with Gasteiger partial charge in [0.05, 0.1) is 11.4 Å². The van der Waals surface area contributed by atoms with Gasteiger partial charge < -0.3 is 10.5 Å². The van der Waals surface area contributed by atoms with Gasteiger partial charge in [-0.05, 0) is 32.4 Å². The van der Waals surface area contributed by atoms with Crippen LogP contribution in [0.4, 0.5) is 0 Å². The highest BCUT2D eigenvalue weighted by molar-refractivity contribution is 6.03. The monoisotopic (exact) mass is 260 g/mol. The van der Waals surface area contributed by atoms with Crippen LogP contribution in [-0.4, -0.2) is 11.3 Å². The van der Waals surface area contributed by atoms with Gasteiger partial charge in [0.1, 0.15) is 11.4 Å². The maximum Gasteiger partial charge on any atom is 0.141 e. The second-order valence-electron chi connectivity index (χ2n) is 7.23. The molecule has 0 spiro atoms. The van der Waals surface area contributed by atoms with Crippen LogP contribution >= 0.6 is 0 Å². The number of aliphatic imine (C=N–C) groups is 1. The summed E-state index contributed by atoms with van der Waals surface area (Å²) in [6.07, 6.45) is 4.85. The smallest absolute Gasteiger partial charge is 0.141 e. The Morgan fingerprint density at radius 1 is 1.11 bits per heavy atom. The van der Waals surface area contributed by atoms with Gasteiger partial charge in [0.25, 0.3) is 0 Å². The summed E-state index contributed by atoms with van der Waals surface area (Å²) in [6, 6.07) is 0. The van der Waals surface area contributed by atoms with Crippen LogP contribution in [0.5, 0.6) is 0 Å². The van der Waals surface area contributed by atoms with Crippen LogP contribution < -0.4 is 5.73 Å². The van der Waals surface area contributed by atoms with E-state index in [9.17, 15) is 0 Å². The molecule has 0 atom stereocenters. The Hall–Kier alpha value is -1.51. The average Bonchev–Trinajstić information content (AvgIpc) is 2.58. The van der Waals surface area contributed by atoms with E-state index in [2.05, 4.69) is 26.8 Å².